The Hall–Kier alpha value is -2.01. The number of anilines is 2. The summed E-state index contributed by atoms with van der Waals surface area (Å²) >= 11 is 0.960. The fourth-order valence-corrected chi connectivity index (χ4v) is 5.04. The molecule has 1 fully saturated rings. The van der Waals surface area contributed by atoms with E-state index in [2.05, 4.69) is 5.32 Å². The molecule has 0 spiro atoms. The first-order chi connectivity index (χ1) is 11.9. The highest BCUT2D eigenvalue weighted by atomic mass is 32.2. The third-order valence-corrected chi connectivity index (χ3v) is 6.98. The second-order valence-corrected chi connectivity index (χ2v) is 8.43. The summed E-state index contributed by atoms with van der Waals surface area (Å²) in [7, 11) is -3.66. The Bertz CT molecular complexity index is 892. The van der Waals surface area contributed by atoms with Gasteiger partial charge in [0.25, 0.3) is 15.9 Å². The van der Waals surface area contributed by atoms with Crippen molar-refractivity contribution in [2.24, 2.45) is 0 Å². The number of sulfonamides is 1. The van der Waals surface area contributed by atoms with Crippen LogP contribution in [0.3, 0.4) is 0 Å². The van der Waals surface area contributed by atoms with Crippen LogP contribution in [-0.4, -0.2) is 44.9 Å². The molecule has 0 bridgehead atoms. The molecule has 1 amide bonds. The second-order valence-electron chi connectivity index (χ2n) is 5.36. The summed E-state index contributed by atoms with van der Waals surface area (Å²) in [6.45, 7) is 1.25. The number of amides is 1. The normalized spacial score (nSPS) is 15.9. The first kappa shape index (κ1) is 17.8. The zero-order chi connectivity index (χ0) is 18.0. The van der Waals surface area contributed by atoms with Gasteiger partial charge < -0.3 is 15.8 Å². The Morgan fingerprint density at radius 3 is 2.72 bits per heavy atom. The van der Waals surface area contributed by atoms with Gasteiger partial charge in [-0.15, -0.1) is 11.3 Å². The van der Waals surface area contributed by atoms with Crippen LogP contribution >= 0.6 is 11.3 Å². The lowest BCUT2D eigenvalue weighted by atomic mass is 10.2. The third-order valence-electron chi connectivity index (χ3n) is 3.67. The molecule has 2 aromatic rings. The van der Waals surface area contributed by atoms with Crippen LogP contribution in [0.4, 0.5) is 15.8 Å². The minimum Gasteiger partial charge on any atom is -0.397 e. The van der Waals surface area contributed by atoms with Gasteiger partial charge in [-0.25, -0.2) is 12.8 Å². The van der Waals surface area contributed by atoms with Crippen molar-refractivity contribution in [3.63, 3.8) is 0 Å². The molecule has 0 saturated carbocycles. The summed E-state index contributed by atoms with van der Waals surface area (Å²) in [6.07, 6.45) is 0. The predicted molar refractivity (Wildman–Crippen MR) is 92.7 cm³/mol. The van der Waals surface area contributed by atoms with E-state index in [1.807, 2.05) is 0 Å². The van der Waals surface area contributed by atoms with E-state index in [9.17, 15) is 17.6 Å². The highest BCUT2D eigenvalue weighted by Gasteiger charge is 2.28. The number of hydrogen-bond donors (Lipinski definition) is 2. The van der Waals surface area contributed by atoms with Gasteiger partial charge in [0.1, 0.15) is 10.0 Å². The smallest absolute Gasteiger partial charge is 0.256 e. The predicted octanol–water partition coefficient (Wildman–Crippen LogP) is 1.74. The quantitative estimate of drug-likeness (QED) is 0.781. The van der Waals surface area contributed by atoms with Gasteiger partial charge in [0.05, 0.1) is 30.2 Å². The summed E-state index contributed by atoms with van der Waals surface area (Å²) < 4.78 is 44.9. The molecule has 1 aliphatic rings. The summed E-state index contributed by atoms with van der Waals surface area (Å²) in [5.74, 6) is -1.10. The Morgan fingerprint density at radius 1 is 1.28 bits per heavy atom. The third kappa shape index (κ3) is 3.82. The maximum atomic E-state index is 13.3. The maximum absolute atomic E-state index is 13.3. The molecule has 0 atom stereocenters. The molecule has 2 heterocycles. The molecule has 1 aromatic carbocycles. The number of nitrogens with two attached hydrogens (primary N) is 1. The van der Waals surface area contributed by atoms with Crippen molar-refractivity contribution in [3.05, 3.63) is 41.0 Å². The number of nitrogen functional groups attached to an aromatic ring is 1. The van der Waals surface area contributed by atoms with Crippen LogP contribution in [0.25, 0.3) is 0 Å². The topological polar surface area (TPSA) is 102 Å². The van der Waals surface area contributed by atoms with E-state index in [0.717, 1.165) is 17.4 Å². The molecule has 25 heavy (non-hydrogen) atoms. The Morgan fingerprint density at radius 2 is 2.00 bits per heavy atom. The van der Waals surface area contributed by atoms with Crippen LogP contribution in [-0.2, 0) is 14.8 Å². The molecule has 0 unspecified atom stereocenters. The van der Waals surface area contributed by atoms with Crippen molar-refractivity contribution in [2.75, 3.05) is 37.4 Å². The van der Waals surface area contributed by atoms with Crippen molar-refractivity contribution in [3.8, 4) is 0 Å². The van der Waals surface area contributed by atoms with Crippen LogP contribution in [0.5, 0.6) is 0 Å². The molecular weight excluding hydrogens is 369 g/mol. The Kier molecular flexibility index (Phi) is 5.04. The van der Waals surface area contributed by atoms with Gasteiger partial charge in [-0.05, 0) is 24.3 Å². The SMILES string of the molecule is Nc1ccc(F)cc1NC(=O)c1csc(S(=O)(=O)N2CCOCC2)c1. The van der Waals surface area contributed by atoms with E-state index < -0.39 is 21.7 Å². The minimum atomic E-state index is -3.66. The van der Waals surface area contributed by atoms with Crippen LogP contribution in [0.15, 0.2) is 33.9 Å². The van der Waals surface area contributed by atoms with Crippen LogP contribution < -0.4 is 11.1 Å². The molecule has 3 N–H and O–H groups in total. The summed E-state index contributed by atoms with van der Waals surface area (Å²) in [4.78, 5) is 12.3. The number of hydrogen-bond acceptors (Lipinski definition) is 6. The number of morpholine rings is 1. The zero-order valence-corrected chi connectivity index (χ0v) is 14.7. The summed E-state index contributed by atoms with van der Waals surface area (Å²) in [5, 5.41) is 3.93. The average Bonchev–Trinajstić information content (AvgIpc) is 3.10. The van der Waals surface area contributed by atoms with Gasteiger partial charge in [0.2, 0.25) is 0 Å². The summed E-state index contributed by atoms with van der Waals surface area (Å²) in [6, 6.07) is 4.93. The van der Waals surface area contributed by atoms with Crippen LogP contribution in [0.2, 0.25) is 0 Å². The lowest BCUT2D eigenvalue weighted by Crippen LogP contribution is -2.40. The van der Waals surface area contributed by atoms with Crippen molar-refractivity contribution in [2.45, 2.75) is 4.21 Å². The first-order valence-corrected chi connectivity index (χ1v) is 9.73. The number of thiophene rings is 1. The van der Waals surface area contributed by atoms with Crippen molar-refractivity contribution in [1.29, 1.82) is 0 Å². The van der Waals surface area contributed by atoms with E-state index in [4.69, 9.17) is 10.5 Å². The molecule has 7 nitrogen and oxygen atoms in total. The molecule has 0 aliphatic carbocycles. The average molecular weight is 385 g/mol. The van der Waals surface area contributed by atoms with Gasteiger partial charge in [0.15, 0.2) is 0 Å². The molecule has 10 heteroatoms. The van der Waals surface area contributed by atoms with Gasteiger partial charge in [-0.2, -0.15) is 4.31 Å². The second kappa shape index (κ2) is 7.08. The number of rotatable bonds is 4. The van der Waals surface area contributed by atoms with Crippen molar-refractivity contribution < 1.29 is 22.3 Å². The van der Waals surface area contributed by atoms with Crippen LogP contribution in [0.1, 0.15) is 10.4 Å². The van der Waals surface area contributed by atoms with E-state index in [0.29, 0.717) is 13.2 Å². The first-order valence-electron chi connectivity index (χ1n) is 7.41. The Balaban J connectivity index is 1.78. The largest absolute Gasteiger partial charge is 0.397 e. The fraction of sp³-hybridized carbons (Fsp3) is 0.267. The molecule has 1 saturated heterocycles. The molecule has 0 radical (unpaired) electrons. The minimum absolute atomic E-state index is 0.0757. The Labute approximate surface area is 148 Å². The van der Waals surface area contributed by atoms with Gasteiger partial charge >= 0.3 is 0 Å². The number of halogens is 1. The maximum Gasteiger partial charge on any atom is 0.256 e. The number of carbonyl (C=O) groups is 1. The lowest BCUT2D eigenvalue weighted by Gasteiger charge is -2.25. The standard InChI is InChI=1S/C15H16FN3O4S2/c16-11-1-2-12(17)13(8-11)18-15(20)10-7-14(24-9-10)25(21,22)19-3-5-23-6-4-19/h1-2,7-9H,3-6,17H2,(H,18,20). The van der Waals surface area contributed by atoms with Crippen molar-refractivity contribution in [1.82, 2.24) is 4.31 Å². The van der Waals surface area contributed by atoms with E-state index in [1.54, 1.807) is 0 Å². The van der Waals surface area contributed by atoms with E-state index in [1.165, 1.54) is 27.9 Å². The highest BCUT2D eigenvalue weighted by Crippen LogP contribution is 2.26. The monoisotopic (exact) mass is 385 g/mol. The molecule has 1 aromatic heterocycles. The van der Waals surface area contributed by atoms with Gasteiger partial charge in [-0.1, -0.05) is 0 Å². The molecular formula is C15H16FN3O4S2. The number of benzene rings is 1. The molecule has 1 aliphatic heterocycles. The number of carbonyl (C=O) groups excluding carboxylic acids is 1. The van der Waals surface area contributed by atoms with Gasteiger partial charge in [-0.3, -0.25) is 4.79 Å². The fourth-order valence-electron chi connectivity index (χ4n) is 2.32. The highest BCUT2D eigenvalue weighted by molar-refractivity contribution is 7.91. The van der Waals surface area contributed by atoms with Crippen molar-refractivity contribution >= 4 is 38.6 Å². The summed E-state index contributed by atoms with van der Waals surface area (Å²) in [5.41, 5.74) is 6.21. The lowest BCUT2D eigenvalue weighted by molar-refractivity contribution is 0.0731. The molecule has 134 valence electrons. The molecule has 3 rings (SSSR count). The number of nitrogens with one attached hydrogen (secondary N) is 1. The number of nitrogens with zero attached hydrogens (tertiary/aromatic N) is 1. The number of ether oxygens (including phenoxy) is 1. The van der Waals surface area contributed by atoms with Gasteiger partial charge in [0, 0.05) is 18.5 Å². The van der Waals surface area contributed by atoms with Crippen LogP contribution in [0, 0.1) is 5.82 Å². The van der Waals surface area contributed by atoms with E-state index in [-0.39, 0.29) is 34.2 Å². The van der Waals surface area contributed by atoms with E-state index >= 15 is 0 Å². The zero-order valence-electron chi connectivity index (χ0n) is 13.1.